The minimum atomic E-state index is 0.546. The van der Waals surface area contributed by atoms with Gasteiger partial charge in [0.15, 0.2) is 0 Å². The van der Waals surface area contributed by atoms with E-state index in [0.29, 0.717) is 23.9 Å². The topological polar surface area (TPSA) is 64.0 Å². The maximum absolute atomic E-state index is 8.94. The predicted molar refractivity (Wildman–Crippen MR) is 59.6 cm³/mol. The van der Waals surface area contributed by atoms with Crippen molar-refractivity contribution < 1.29 is 4.74 Å². The number of aromatic nitrogens is 1. The molecule has 0 saturated carbocycles. The summed E-state index contributed by atoms with van der Waals surface area (Å²) in [6.45, 7) is 5.36. The molecule has 0 aliphatic carbocycles. The van der Waals surface area contributed by atoms with E-state index in [1.807, 2.05) is 11.5 Å². The van der Waals surface area contributed by atoms with Crippen LogP contribution in [0.2, 0.25) is 0 Å². The Morgan fingerprint density at radius 2 is 2.27 bits per heavy atom. The van der Waals surface area contributed by atoms with Crippen molar-refractivity contribution in [2.75, 3.05) is 12.3 Å². The van der Waals surface area contributed by atoms with Gasteiger partial charge in [0.25, 0.3) is 0 Å². The number of anilines is 1. The molecule has 1 aromatic rings. The van der Waals surface area contributed by atoms with Gasteiger partial charge in [-0.25, -0.2) is 0 Å². The maximum Gasteiger partial charge on any atom is 0.218 e. The Labute approximate surface area is 90.3 Å². The highest BCUT2D eigenvalue weighted by atomic mass is 16.5. The first-order valence-corrected chi connectivity index (χ1v) is 5.26. The summed E-state index contributed by atoms with van der Waals surface area (Å²) in [5.41, 5.74) is 6.90. The lowest BCUT2D eigenvalue weighted by Crippen LogP contribution is -2.06. The van der Waals surface area contributed by atoms with Gasteiger partial charge < -0.3 is 15.0 Å². The molecule has 15 heavy (non-hydrogen) atoms. The molecule has 82 valence electrons. The van der Waals surface area contributed by atoms with Crippen LogP contribution < -0.4 is 10.5 Å². The number of hydrogen-bond donors (Lipinski definition) is 1. The fraction of sp³-hybridized carbons (Fsp3) is 0.545. The van der Waals surface area contributed by atoms with E-state index in [1.54, 1.807) is 6.07 Å². The van der Waals surface area contributed by atoms with E-state index in [4.69, 9.17) is 15.7 Å². The van der Waals surface area contributed by atoms with Crippen LogP contribution in [0.5, 0.6) is 5.88 Å². The Bertz CT molecular complexity index is 363. The van der Waals surface area contributed by atoms with Gasteiger partial charge in [-0.3, -0.25) is 0 Å². The third-order valence-corrected chi connectivity index (χ3v) is 2.21. The molecular weight excluding hydrogens is 190 g/mol. The molecule has 1 rings (SSSR count). The predicted octanol–water partition coefficient (Wildman–Crippen LogP) is 2.14. The molecule has 2 N–H and O–H groups in total. The molecule has 0 amide bonds. The third kappa shape index (κ3) is 2.44. The molecule has 0 bridgehead atoms. The highest BCUT2D eigenvalue weighted by molar-refractivity contribution is 5.55. The fourth-order valence-corrected chi connectivity index (χ4v) is 1.48. The van der Waals surface area contributed by atoms with Gasteiger partial charge in [0.05, 0.1) is 12.3 Å². The van der Waals surface area contributed by atoms with Crippen LogP contribution in [-0.2, 0) is 6.54 Å². The SMILES string of the molecule is CCCCn1c(C#N)cc(N)c1OCC. The van der Waals surface area contributed by atoms with E-state index in [1.165, 1.54) is 0 Å². The van der Waals surface area contributed by atoms with Crippen molar-refractivity contribution in [3.63, 3.8) is 0 Å². The quantitative estimate of drug-likeness (QED) is 0.804. The zero-order valence-electron chi connectivity index (χ0n) is 9.29. The highest BCUT2D eigenvalue weighted by Crippen LogP contribution is 2.26. The lowest BCUT2D eigenvalue weighted by molar-refractivity contribution is 0.309. The summed E-state index contributed by atoms with van der Waals surface area (Å²) in [4.78, 5) is 0. The molecule has 0 radical (unpaired) electrons. The van der Waals surface area contributed by atoms with Gasteiger partial charge in [0, 0.05) is 12.6 Å². The van der Waals surface area contributed by atoms with E-state index >= 15 is 0 Å². The molecule has 4 heteroatoms. The van der Waals surface area contributed by atoms with Crippen molar-refractivity contribution in [2.24, 2.45) is 0 Å². The minimum absolute atomic E-state index is 0.546. The molecule has 1 heterocycles. The lowest BCUT2D eigenvalue weighted by Gasteiger charge is -2.10. The zero-order valence-corrected chi connectivity index (χ0v) is 9.29. The number of hydrogen-bond acceptors (Lipinski definition) is 3. The van der Waals surface area contributed by atoms with Crippen molar-refractivity contribution in [1.82, 2.24) is 4.57 Å². The molecule has 4 nitrogen and oxygen atoms in total. The van der Waals surface area contributed by atoms with Crippen LogP contribution in [0.25, 0.3) is 0 Å². The first kappa shape index (κ1) is 11.4. The number of unbranched alkanes of at least 4 members (excludes halogenated alkanes) is 1. The molecule has 1 aromatic heterocycles. The first-order chi connectivity index (χ1) is 7.24. The standard InChI is InChI=1S/C11H17N3O/c1-3-5-6-14-9(8-12)7-10(13)11(14)15-4-2/h7H,3-6,13H2,1-2H3. The lowest BCUT2D eigenvalue weighted by atomic mass is 10.3. The first-order valence-electron chi connectivity index (χ1n) is 5.26. The van der Waals surface area contributed by atoms with Crippen molar-refractivity contribution in [1.29, 1.82) is 5.26 Å². The molecule has 0 aliphatic rings. The average Bonchev–Trinajstić information content (AvgIpc) is 2.53. The van der Waals surface area contributed by atoms with Crippen LogP contribution in [0.1, 0.15) is 32.4 Å². The highest BCUT2D eigenvalue weighted by Gasteiger charge is 2.13. The molecule has 0 aromatic carbocycles. The second-order valence-corrected chi connectivity index (χ2v) is 3.34. The monoisotopic (exact) mass is 207 g/mol. The molecule has 0 aliphatic heterocycles. The number of ether oxygens (including phenoxy) is 1. The minimum Gasteiger partial charge on any atom is -0.478 e. The Morgan fingerprint density at radius 3 is 2.80 bits per heavy atom. The van der Waals surface area contributed by atoms with E-state index in [2.05, 4.69) is 13.0 Å². The summed E-state index contributed by atoms with van der Waals surface area (Å²) in [6, 6.07) is 3.79. The number of nitrogens with two attached hydrogens (primary N) is 1. The summed E-state index contributed by atoms with van der Waals surface area (Å²) >= 11 is 0. The van der Waals surface area contributed by atoms with Crippen LogP contribution in [0, 0.1) is 11.3 Å². The van der Waals surface area contributed by atoms with Crippen molar-refractivity contribution >= 4 is 5.69 Å². The average molecular weight is 207 g/mol. The van der Waals surface area contributed by atoms with Crippen LogP contribution in [0.4, 0.5) is 5.69 Å². The second kappa shape index (κ2) is 5.30. The van der Waals surface area contributed by atoms with E-state index in [-0.39, 0.29) is 0 Å². The Hall–Kier alpha value is -1.63. The summed E-state index contributed by atoms with van der Waals surface area (Å²) in [6.07, 6.45) is 2.09. The molecule has 0 fully saturated rings. The van der Waals surface area contributed by atoms with Gasteiger partial charge in [-0.2, -0.15) is 5.26 Å². The van der Waals surface area contributed by atoms with Gasteiger partial charge >= 0.3 is 0 Å². The van der Waals surface area contributed by atoms with Crippen LogP contribution in [-0.4, -0.2) is 11.2 Å². The smallest absolute Gasteiger partial charge is 0.218 e. The van der Waals surface area contributed by atoms with Crippen LogP contribution >= 0.6 is 0 Å². The molecule has 0 unspecified atom stereocenters. The Kier molecular flexibility index (Phi) is 4.04. The van der Waals surface area contributed by atoms with E-state index in [9.17, 15) is 0 Å². The second-order valence-electron chi connectivity index (χ2n) is 3.34. The largest absolute Gasteiger partial charge is 0.478 e. The number of nitrogen functional groups attached to an aromatic ring is 1. The number of nitrogens with zero attached hydrogens (tertiary/aromatic N) is 2. The summed E-state index contributed by atoms with van der Waals surface area (Å²) < 4.78 is 7.28. The fourth-order valence-electron chi connectivity index (χ4n) is 1.48. The van der Waals surface area contributed by atoms with E-state index in [0.717, 1.165) is 19.4 Å². The molecule has 0 spiro atoms. The van der Waals surface area contributed by atoms with Gasteiger partial charge in [-0.1, -0.05) is 13.3 Å². The normalized spacial score (nSPS) is 9.93. The van der Waals surface area contributed by atoms with Gasteiger partial charge in [0.1, 0.15) is 11.8 Å². The summed E-state index contributed by atoms with van der Waals surface area (Å²) in [5.74, 6) is 0.627. The third-order valence-electron chi connectivity index (χ3n) is 2.21. The van der Waals surface area contributed by atoms with Gasteiger partial charge in [0.2, 0.25) is 5.88 Å². The van der Waals surface area contributed by atoms with Crippen LogP contribution in [0.3, 0.4) is 0 Å². The van der Waals surface area contributed by atoms with Crippen molar-refractivity contribution in [3.8, 4) is 11.9 Å². The van der Waals surface area contributed by atoms with Gasteiger partial charge in [-0.05, 0) is 13.3 Å². The van der Waals surface area contributed by atoms with Crippen molar-refractivity contribution in [3.05, 3.63) is 11.8 Å². The van der Waals surface area contributed by atoms with Crippen molar-refractivity contribution in [2.45, 2.75) is 33.2 Å². The Balaban J connectivity index is 3.01. The summed E-state index contributed by atoms with van der Waals surface area (Å²) in [7, 11) is 0. The zero-order chi connectivity index (χ0) is 11.3. The van der Waals surface area contributed by atoms with Gasteiger partial charge in [-0.15, -0.1) is 0 Å². The molecule has 0 saturated heterocycles. The number of nitriles is 1. The molecular formula is C11H17N3O. The summed E-state index contributed by atoms with van der Waals surface area (Å²) in [5, 5.41) is 8.94. The Morgan fingerprint density at radius 1 is 1.53 bits per heavy atom. The van der Waals surface area contributed by atoms with E-state index < -0.39 is 0 Å². The number of rotatable bonds is 5. The van der Waals surface area contributed by atoms with Crippen LogP contribution in [0.15, 0.2) is 6.07 Å². The maximum atomic E-state index is 8.94. The molecule has 0 atom stereocenters.